The van der Waals surface area contributed by atoms with E-state index in [1.807, 2.05) is 0 Å². The predicted molar refractivity (Wildman–Crippen MR) is 119 cm³/mol. The molecule has 1 aliphatic rings. The van der Waals surface area contributed by atoms with Crippen molar-refractivity contribution in [3.63, 3.8) is 0 Å². The minimum atomic E-state index is -0.846. The third kappa shape index (κ3) is 4.01. The summed E-state index contributed by atoms with van der Waals surface area (Å²) in [5, 5.41) is 11.0. The third-order valence-electron chi connectivity index (χ3n) is 5.25. The summed E-state index contributed by atoms with van der Waals surface area (Å²) < 4.78 is 20.0. The summed E-state index contributed by atoms with van der Waals surface area (Å²) >= 11 is 3.38. The number of pyridine rings is 1. The first-order valence-corrected chi connectivity index (χ1v) is 10.5. The van der Waals surface area contributed by atoms with E-state index in [2.05, 4.69) is 20.9 Å². The molecule has 2 heterocycles. The summed E-state index contributed by atoms with van der Waals surface area (Å²) in [6.07, 6.45) is 3.20. The molecule has 0 saturated carbocycles. The lowest BCUT2D eigenvalue weighted by atomic mass is 9.95. The van der Waals surface area contributed by atoms with E-state index in [1.165, 1.54) is 24.1 Å². The Labute approximate surface area is 192 Å². The van der Waals surface area contributed by atoms with E-state index in [9.17, 15) is 19.1 Å². The van der Waals surface area contributed by atoms with Crippen molar-refractivity contribution in [3.8, 4) is 5.75 Å². The van der Waals surface area contributed by atoms with Crippen molar-refractivity contribution in [1.29, 1.82) is 0 Å². The van der Waals surface area contributed by atoms with Crippen LogP contribution in [0.3, 0.4) is 0 Å². The molecule has 32 heavy (non-hydrogen) atoms. The number of ether oxygens (including phenoxy) is 1. The lowest BCUT2D eigenvalue weighted by Gasteiger charge is -2.25. The van der Waals surface area contributed by atoms with Gasteiger partial charge in [0.1, 0.15) is 5.76 Å². The monoisotopic (exact) mass is 496 g/mol. The number of hydrogen-bond donors (Lipinski definition) is 1. The van der Waals surface area contributed by atoms with Gasteiger partial charge in [0, 0.05) is 29.0 Å². The Morgan fingerprint density at radius 3 is 2.44 bits per heavy atom. The Kier molecular flexibility index (Phi) is 6.05. The zero-order valence-corrected chi connectivity index (χ0v) is 18.5. The van der Waals surface area contributed by atoms with Gasteiger partial charge in [-0.15, -0.1) is 0 Å². The molecule has 4 rings (SSSR count). The number of amides is 1. The molecule has 0 spiro atoms. The molecule has 1 aromatic heterocycles. The number of likely N-dealkylation sites (tertiary alicyclic amines) is 1. The number of ketones is 1. The van der Waals surface area contributed by atoms with E-state index in [0.717, 1.165) is 16.1 Å². The first-order chi connectivity index (χ1) is 15.4. The molecular formula is C24H18BrFN2O4. The number of methoxy groups -OCH3 is 1. The van der Waals surface area contributed by atoms with Crippen molar-refractivity contribution in [2.24, 2.45) is 0 Å². The molecule has 0 bridgehead atoms. The first-order valence-electron chi connectivity index (χ1n) is 9.67. The second-order valence-corrected chi connectivity index (χ2v) is 8.10. The summed E-state index contributed by atoms with van der Waals surface area (Å²) in [4.78, 5) is 31.4. The molecule has 0 aliphatic carbocycles. The smallest absolute Gasteiger partial charge is 0.295 e. The number of aromatic nitrogens is 1. The minimum absolute atomic E-state index is 0.00384. The molecule has 2 aromatic carbocycles. The fraction of sp³-hybridized carbons (Fsp3) is 0.125. The number of aliphatic hydroxyl groups excluding tert-OH is 1. The van der Waals surface area contributed by atoms with Gasteiger partial charge in [0.25, 0.3) is 11.7 Å². The van der Waals surface area contributed by atoms with Crippen LogP contribution in [0, 0.1) is 5.82 Å². The highest BCUT2D eigenvalue weighted by Crippen LogP contribution is 2.40. The summed E-state index contributed by atoms with van der Waals surface area (Å²) in [6.45, 7) is 0.140. The molecule has 8 heteroatoms. The lowest BCUT2D eigenvalue weighted by molar-refractivity contribution is -0.140. The summed E-state index contributed by atoms with van der Waals surface area (Å²) in [7, 11) is 1.33. The van der Waals surface area contributed by atoms with Gasteiger partial charge < -0.3 is 14.7 Å². The van der Waals surface area contributed by atoms with E-state index >= 15 is 0 Å². The highest BCUT2D eigenvalue weighted by Gasteiger charge is 2.46. The SMILES string of the molecule is COc1ccc(/C(O)=C2\C(=O)C(=O)N(Cc3ccncc3)C2c2ccc(Br)cc2)cc1F. The zero-order valence-electron chi connectivity index (χ0n) is 17.0. The molecule has 1 fully saturated rings. The van der Waals surface area contributed by atoms with Crippen LogP contribution in [0.5, 0.6) is 5.75 Å². The number of nitrogens with zero attached hydrogens (tertiary/aromatic N) is 2. The Morgan fingerprint density at radius 1 is 1.12 bits per heavy atom. The molecule has 0 radical (unpaired) electrons. The second kappa shape index (κ2) is 8.92. The molecule has 162 valence electrons. The fourth-order valence-corrected chi connectivity index (χ4v) is 3.95. The number of rotatable bonds is 5. The summed E-state index contributed by atoms with van der Waals surface area (Å²) in [5.41, 5.74) is 1.39. The van der Waals surface area contributed by atoms with Crippen LogP contribution in [-0.4, -0.2) is 33.8 Å². The van der Waals surface area contributed by atoms with Gasteiger partial charge in [0.05, 0.1) is 18.7 Å². The van der Waals surface area contributed by atoms with E-state index in [0.29, 0.717) is 5.56 Å². The Balaban J connectivity index is 1.86. The van der Waals surface area contributed by atoms with Crippen molar-refractivity contribution in [1.82, 2.24) is 9.88 Å². The number of benzene rings is 2. The first kappa shape index (κ1) is 21.7. The van der Waals surface area contributed by atoms with Gasteiger partial charge in [-0.2, -0.15) is 0 Å². The number of carbonyl (C=O) groups excluding carboxylic acids is 2. The molecule has 1 aliphatic heterocycles. The van der Waals surface area contributed by atoms with Gasteiger partial charge in [0.15, 0.2) is 11.6 Å². The average molecular weight is 497 g/mol. The van der Waals surface area contributed by atoms with Crippen LogP contribution in [-0.2, 0) is 16.1 Å². The molecule has 1 saturated heterocycles. The van der Waals surface area contributed by atoms with Crippen LogP contribution in [0.2, 0.25) is 0 Å². The maximum absolute atomic E-state index is 14.3. The largest absolute Gasteiger partial charge is 0.507 e. The van der Waals surface area contributed by atoms with Crippen molar-refractivity contribution in [2.45, 2.75) is 12.6 Å². The van der Waals surface area contributed by atoms with Crippen molar-refractivity contribution in [2.75, 3.05) is 7.11 Å². The van der Waals surface area contributed by atoms with Gasteiger partial charge >= 0.3 is 0 Å². The molecule has 3 aromatic rings. The highest BCUT2D eigenvalue weighted by molar-refractivity contribution is 9.10. The van der Waals surface area contributed by atoms with E-state index in [1.54, 1.807) is 48.8 Å². The maximum Gasteiger partial charge on any atom is 0.295 e. The van der Waals surface area contributed by atoms with Gasteiger partial charge in [-0.3, -0.25) is 14.6 Å². The predicted octanol–water partition coefficient (Wildman–Crippen LogP) is 4.61. The summed E-state index contributed by atoms with van der Waals surface area (Å²) in [5.74, 6) is -2.71. The van der Waals surface area contributed by atoms with Gasteiger partial charge in [-0.25, -0.2) is 4.39 Å². The molecule has 1 N–H and O–H groups in total. The van der Waals surface area contributed by atoms with Crippen LogP contribution >= 0.6 is 15.9 Å². The van der Waals surface area contributed by atoms with E-state index < -0.39 is 29.3 Å². The number of aliphatic hydroxyl groups is 1. The minimum Gasteiger partial charge on any atom is -0.507 e. The maximum atomic E-state index is 14.3. The average Bonchev–Trinajstić information content (AvgIpc) is 3.04. The molecule has 1 atom stereocenters. The van der Waals surface area contributed by atoms with Crippen LogP contribution in [0.25, 0.3) is 5.76 Å². The number of hydrogen-bond acceptors (Lipinski definition) is 5. The Bertz CT molecular complexity index is 1210. The highest BCUT2D eigenvalue weighted by atomic mass is 79.9. The lowest BCUT2D eigenvalue weighted by Crippen LogP contribution is -2.29. The quantitative estimate of drug-likeness (QED) is 0.317. The fourth-order valence-electron chi connectivity index (χ4n) is 3.69. The van der Waals surface area contributed by atoms with Gasteiger partial charge in [-0.1, -0.05) is 28.1 Å². The Hall–Kier alpha value is -3.52. The van der Waals surface area contributed by atoms with Crippen LogP contribution in [0.1, 0.15) is 22.7 Å². The van der Waals surface area contributed by atoms with Gasteiger partial charge in [-0.05, 0) is 53.6 Å². The molecule has 1 unspecified atom stereocenters. The second-order valence-electron chi connectivity index (χ2n) is 7.18. The Morgan fingerprint density at radius 2 is 1.81 bits per heavy atom. The molecule has 6 nitrogen and oxygen atoms in total. The van der Waals surface area contributed by atoms with Crippen molar-refractivity contribution in [3.05, 3.63) is 99.5 Å². The topological polar surface area (TPSA) is 79.7 Å². The number of carbonyl (C=O) groups is 2. The van der Waals surface area contributed by atoms with Gasteiger partial charge in [0.2, 0.25) is 0 Å². The standard InChI is InChI=1S/C24H18BrFN2O4/c1-32-19-7-4-16(12-18(19)26)22(29)20-21(15-2-5-17(25)6-3-15)28(24(31)23(20)30)13-14-8-10-27-11-9-14/h2-12,21,29H,13H2,1H3/b22-20+. The van der Waals surface area contributed by atoms with Crippen LogP contribution in [0.4, 0.5) is 4.39 Å². The van der Waals surface area contributed by atoms with E-state index in [4.69, 9.17) is 4.74 Å². The van der Waals surface area contributed by atoms with Crippen molar-refractivity contribution < 1.29 is 23.8 Å². The molecule has 1 amide bonds. The number of halogens is 2. The summed E-state index contributed by atoms with van der Waals surface area (Å²) in [6, 6.07) is 13.6. The number of Topliss-reactive ketones (excluding diaryl/α,β-unsaturated/α-hetero) is 1. The van der Waals surface area contributed by atoms with Crippen LogP contribution in [0.15, 0.2) is 77.0 Å². The van der Waals surface area contributed by atoms with E-state index in [-0.39, 0.29) is 23.4 Å². The zero-order chi connectivity index (χ0) is 22.8. The third-order valence-corrected chi connectivity index (χ3v) is 5.78. The molecular weight excluding hydrogens is 479 g/mol. The van der Waals surface area contributed by atoms with Crippen molar-refractivity contribution >= 4 is 33.4 Å². The normalized spacial score (nSPS) is 17.6. The van der Waals surface area contributed by atoms with Crippen LogP contribution < -0.4 is 4.74 Å².